The Kier molecular flexibility index (Phi) is 8.00. The van der Waals surface area contributed by atoms with Crippen LogP contribution in [0.3, 0.4) is 0 Å². The lowest BCUT2D eigenvalue weighted by molar-refractivity contribution is -0.120. The molecule has 0 unspecified atom stereocenters. The van der Waals surface area contributed by atoms with E-state index in [0.29, 0.717) is 52.3 Å². The van der Waals surface area contributed by atoms with Gasteiger partial charge in [0.1, 0.15) is 11.6 Å². The van der Waals surface area contributed by atoms with Crippen LogP contribution in [0.5, 0.6) is 5.75 Å². The first kappa shape index (κ1) is 23.2. The summed E-state index contributed by atoms with van der Waals surface area (Å²) < 4.78 is 45.2. The number of rotatable bonds is 9. The molecule has 2 aromatic rings. The molecule has 7 nitrogen and oxygen atoms in total. The van der Waals surface area contributed by atoms with Crippen molar-refractivity contribution in [3.8, 4) is 5.75 Å². The van der Waals surface area contributed by atoms with Crippen molar-refractivity contribution in [3.05, 3.63) is 59.9 Å². The van der Waals surface area contributed by atoms with Gasteiger partial charge in [-0.1, -0.05) is 12.1 Å². The maximum atomic E-state index is 13.1. The smallest absolute Gasteiger partial charge is 0.243 e. The molecule has 0 aromatic heterocycles. The fourth-order valence-electron chi connectivity index (χ4n) is 3.42. The SMILES string of the molecule is CCOc1ccc(CC(=O)NCCN2CCN(S(=O)(=O)c3ccc(F)cc3)CC2)cc1. The molecular weight excluding hydrogens is 421 g/mol. The Balaban J connectivity index is 1.39. The van der Waals surface area contributed by atoms with Gasteiger partial charge in [0.2, 0.25) is 15.9 Å². The van der Waals surface area contributed by atoms with Crippen molar-refractivity contribution >= 4 is 15.9 Å². The van der Waals surface area contributed by atoms with E-state index in [1.807, 2.05) is 31.2 Å². The van der Waals surface area contributed by atoms with E-state index in [4.69, 9.17) is 4.74 Å². The Labute approximate surface area is 182 Å². The molecule has 2 aromatic carbocycles. The number of benzene rings is 2. The summed E-state index contributed by atoms with van der Waals surface area (Å²) in [6, 6.07) is 12.3. The summed E-state index contributed by atoms with van der Waals surface area (Å²) in [5, 5.41) is 2.91. The van der Waals surface area contributed by atoms with E-state index >= 15 is 0 Å². The maximum absolute atomic E-state index is 13.1. The molecule has 0 bridgehead atoms. The summed E-state index contributed by atoms with van der Waals surface area (Å²) >= 11 is 0. The van der Waals surface area contributed by atoms with Crippen LogP contribution in [0.1, 0.15) is 12.5 Å². The number of piperazine rings is 1. The molecule has 0 atom stereocenters. The van der Waals surface area contributed by atoms with E-state index in [9.17, 15) is 17.6 Å². The van der Waals surface area contributed by atoms with Crippen molar-refractivity contribution in [2.75, 3.05) is 45.9 Å². The highest BCUT2D eigenvalue weighted by atomic mass is 32.2. The van der Waals surface area contributed by atoms with Crippen LogP contribution in [0, 0.1) is 5.82 Å². The van der Waals surface area contributed by atoms with Crippen molar-refractivity contribution in [2.45, 2.75) is 18.2 Å². The Morgan fingerprint density at radius 1 is 1.03 bits per heavy atom. The number of nitrogens with one attached hydrogen (secondary N) is 1. The minimum atomic E-state index is -3.62. The first-order valence-electron chi connectivity index (χ1n) is 10.3. The Morgan fingerprint density at radius 3 is 2.29 bits per heavy atom. The van der Waals surface area contributed by atoms with Gasteiger partial charge in [-0.15, -0.1) is 0 Å². The summed E-state index contributed by atoms with van der Waals surface area (Å²) in [7, 11) is -3.62. The lowest BCUT2D eigenvalue weighted by Gasteiger charge is -2.33. The van der Waals surface area contributed by atoms with Gasteiger partial charge in [0, 0.05) is 39.3 Å². The number of carbonyl (C=O) groups excluding carboxylic acids is 1. The number of ether oxygens (including phenoxy) is 1. The Bertz CT molecular complexity index is 957. The van der Waals surface area contributed by atoms with Crippen LogP contribution in [0.4, 0.5) is 4.39 Å². The maximum Gasteiger partial charge on any atom is 0.243 e. The molecule has 0 spiro atoms. The summed E-state index contributed by atoms with van der Waals surface area (Å²) in [5.74, 6) is 0.266. The zero-order valence-electron chi connectivity index (χ0n) is 17.6. The molecule has 1 heterocycles. The zero-order chi connectivity index (χ0) is 22.3. The second-order valence-corrected chi connectivity index (χ2v) is 9.24. The minimum absolute atomic E-state index is 0.0540. The number of carbonyl (C=O) groups is 1. The van der Waals surface area contributed by atoms with E-state index in [1.54, 1.807) is 0 Å². The van der Waals surface area contributed by atoms with Gasteiger partial charge < -0.3 is 10.1 Å². The van der Waals surface area contributed by atoms with Gasteiger partial charge in [0.15, 0.2) is 0 Å². The molecule has 0 saturated carbocycles. The lowest BCUT2D eigenvalue weighted by Crippen LogP contribution is -2.50. The molecule has 3 rings (SSSR count). The monoisotopic (exact) mass is 449 g/mol. The molecule has 1 saturated heterocycles. The van der Waals surface area contributed by atoms with Crippen LogP contribution in [0.15, 0.2) is 53.4 Å². The van der Waals surface area contributed by atoms with Gasteiger partial charge in [0.25, 0.3) is 0 Å². The third kappa shape index (κ3) is 6.49. The average molecular weight is 450 g/mol. The van der Waals surface area contributed by atoms with Gasteiger partial charge >= 0.3 is 0 Å². The van der Waals surface area contributed by atoms with E-state index in [2.05, 4.69) is 10.2 Å². The van der Waals surface area contributed by atoms with Crippen molar-refractivity contribution in [1.29, 1.82) is 0 Å². The number of amides is 1. The predicted molar refractivity (Wildman–Crippen MR) is 116 cm³/mol. The third-order valence-corrected chi connectivity index (χ3v) is 7.04. The largest absolute Gasteiger partial charge is 0.494 e. The topological polar surface area (TPSA) is 79.0 Å². The molecule has 1 aliphatic rings. The summed E-state index contributed by atoms with van der Waals surface area (Å²) in [5.41, 5.74) is 0.917. The number of sulfonamides is 1. The van der Waals surface area contributed by atoms with Crippen LogP contribution in [-0.2, 0) is 21.2 Å². The van der Waals surface area contributed by atoms with Gasteiger partial charge in [-0.25, -0.2) is 12.8 Å². The fourth-order valence-corrected chi connectivity index (χ4v) is 4.84. The second kappa shape index (κ2) is 10.7. The summed E-state index contributed by atoms with van der Waals surface area (Å²) in [6.07, 6.45) is 0.302. The molecule has 168 valence electrons. The molecule has 0 aliphatic carbocycles. The fraction of sp³-hybridized carbons (Fsp3) is 0.409. The Hall–Kier alpha value is -2.49. The van der Waals surface area contributed by atoms with E-state index < -0.39 is 15.8 Å². The van der Waals surface area contributed by atoms with Crippen LogP contribution < -0.4 is 10.1 Å². The van der Waals surface area contributed by atoms with Crippen molar-refractivity contribution in [1.82, 2.24) is 14.5 Å². The van der Waals surface area contributed by atoms with Gasteiger partial charge in [0.05, 0.1) is 17.9 Å². The van der Waals surface area contributed by atoms with Crippen LogP contribution in [-0.4, -0.2) is 69.4 Å². The molecule has 9 heteroatoms. The number of nitrogens with zero attached hydrogens (tertiary/aromatic N) is 2. The molecule has 1 amide bonds. The average Bonchev–Trinajstić information content (AvgIpc) is 2.76. The molecule has 0 radical (unpaired) electrons. The van der Waals surface area contributed by atoms with E-state index in [-0.39, 0.29) is 10.8 Å². The van der Waals surface area contributed by atoms with Crippen molar-refractivity contribution in [3.63, 3.8) is 0 Å². The highest BCUT2D eigenvalue weighted by Gasteiger charge is 2.28. The highest BCUT2D eigenvalue weighted by Crippen LogP contribution is 2.18. The zero-order valence-corrected chi connectivity index (χ0v) is 18.4. The predicted octanol–water partition coefficient (Wildman–Crippen LogP) is 1.89. The van der Waals surface area contributed by atoms with Crippen molar-refractivity contribution < 1.29 is 22.3 Å². The van der Waals surface area contributed by atoms with Gasteiger partial charge in [-0.3, -0.25) is 9.69 Å². The molecule has 1 fully saturated rings. The molecular formula is C22H28FN3O4S. The van der Waals surface area contributed by atoms with Crippen LogP contribution >= 0.6 is 0 Å². The first-order chi connectivity index (χ1) is 14.9. The van der Waals surface area contributed by atoms with Crippen LogP contribution in [0.2, 0.25) is 0 Å². The third-order valence-electron chi connectivity index (χ3n) is 5.13. The van der Waals surface area contributed by atoms with Gasteiger partial charge in [-0.2, -0.15) is 4.31 Å². The van der Waals surface area contributed by atoms with Crippen molar-refractivity contribution in [2.24, 2.45) is 0 Å². The van der Waals surface area contributed by atoms with E-state index in [0.717, 1.165) is 23.4 Å². The van der Waals surface area contributed by atoms with Crippen LogP contribution in [0.25, 0.3) is 0 Å². The molecule has 31 heavy (non-hydrogen) atoms. The minimum Gasteiger partial charge on any atom is -0.494 e. The second-order valence-electron chi connectivity index (χ2n) is 7.30. The number of hydrogen-bond acceptors (Lipinski definition) is 5. The number of hydrogen-bond donors (Lipinski definition) is 1. The standard InChI is InChI=1S/C22H28FN3O4S/c1-2-30-20-7-3-18(4-8-20)17-22(27)24-11-12-25-13-15-26(16-14-25)31(28,29)21-9-5-19(23)6-10-21/h3-10H,2,11-17H2,1H3,(H,24,27). The summed E-state index contributed by atoms with van der Waals surface area (Å²) in [4.78, 5) is 14.4. The number of halogens is 1. The van der Waals surface area contributed by atoms with Gasteiger partial charge in [-0.05, 0) is 48.9 Å². The normalized spacial score (nSPS) is 15.5. The quantitative estimate of drug-likeness (QED) is 0.633. The summed E-state index contributed by atoms with van der Waals surface area (Å²) in [6.45, 7) is 5.56. The lowest BCUT2D eigenvalue weighted by atomic mass is 10.1. The van der Waals surface area contributed by atoms with E-state index in [1.165, 1.54) is 16.4 Å². The Morgan fingerprint density at radius 2 is 1.68 bits per heavy atom. The molecule has 1 aliphatic heterocycles. The highest BCUT2D eigenvalue weighted by molar-refractivity contribution is 7.89. The molecule has 1 N–H and O–H groups in total. The first-order valence-corrected chi connectivity index (χ1v) is 11.8.